The molecule has 0 saturated heterocycles. The van der Waals surface area contributed by atoms with E-state index in [9.17, 15) is 4.79 Å². The molecule has 1 aromatic heterocycles. The topological polar surface area (TPSA) is 116 Å². The van der Waals surface area contributed by atoms with E-state index in [1.54, 1.807) is 12.5 Å². The number of nitrogens with zero attached hydrogens (tertiary/aromatic N) is 2. The number of benzene rings is 1. The van der Waals surface area contributed by atoms with Crippen LogP contribution >= 0.6 is 0 Å². The van der Waals surface area contributed by atoms with Crippen LogP contribution in [-0.4, -0.2) is 36.5 Å². The molecule has 174 valence electrons. The average molecular weight is 443 g/mol. The molecule has 3 rings (SSSR count). The number of furan rings is 1. The molecule has 4 N–H and O–H groups in total. The Labute approximate surface area is 189 Å². The summed E-state index contributed by atoms with van der Waals surface area (Å²) >= 11 is 0. The lowest BCUT2D eigenvalue weighted by Gasteiger charge is -2.30. The van der Waals surface area contributed by atoms with Crippen molar-refractivity contribution >= 4 is 11.9 Å². The van der Waals surface area contributed by atoms with Crippen molar-refractivity contribution < 1.29 is 18.8 Å². The summed E-state index contributed by atoms with van der Waals surface area (Å²) in [5.74, 6) is 1.11. The fraction of sp³-hybridized carbons (Fsp3) is 0.500. The first-order chi connectivity index (χ1) is 15.5. The Morgan fingerprint density at radius 2 is 2.00 bits per heavy atom. The van der Waals surface area contributed by atoms with Crippen LogP contribution in [-0.2, 0) is 11.4 Å². The summed E-state index contributed by atoms with van der Waals surface area (Å²) in [7, 11) is 0. The number of hydrogen-bond acceptors (Lipinski definition) is 5. The van der Waals surface area contributed by atoms with Crippen LogP contribution in [0.2, 0.25) is 0 Å². The van der Waals surface area contributed by atoms with E-state index in [0.717, 1.165) is 17.7 Å². The Bertz CT molecular complexity index is 872. The van der Waals surface area contributed by atoms with Crippen molar-refractivity contribution in [1.29, 1.82) is 0 Å². The molecule has 0 radical (unpaired) electrons. The van der Waals surface area contributed by atoms with Gasteiger partial charge < -0.3 is 30.4 Å². The molecule has 0 aliphatic heterocycles. The quantitative estimate of drug-likeness (QED) is 0.237. The molecule has 0 spiro atoms. The molecule has 32 heavy (non-hydrogen) atoms. The van der Waals surface area contributed by atoms with Gasteiger partial charge in [0.15, 0.2) is 0 Å². The predicted octanol–water partition coefficient (Wildman–Crippen LogP) is 3.78. The van der Waals surface area contributed by atoms with Crippen molar-refractivity contribution in [3.05, 3.63) is 53.5 Å². The van der Waals surface area contributed by atoms with E-state index < -0.39 is 0 Å². The maximum atomic E-state index is 13.5. The lowest BCUT2D eigenvalue weighted by molar-refractivity contribution is 0.0698. The molecule has 1 fully saturated rings. The summed E-state index contributed by atoms with van der Waals surface area (Å²) in [6, 6.07) is 7.57. The lowest BCUT2D eigenvalue weighted by atomic mass is 9.88. The first-order valence-corrected chi connectivity index (χ1v) is 11.3. The highest BCUT2D eigenvalue weighted by Crippen LogP contribution is 2.26. The van der Waals surface area contributed by atoms with Crippen molar-refractivity contribution in [2.75, 3.05) is 19.8 Å². The van der Waals surface area contributed by atoms with Crippen LogP contribution in [0.15, 0.2) is 46.4 Å². The van der Waals surface area contributed by atoms with Crippen molar-refractivity contribution in [3.63, 3.8) is 0 Å². The number of carbonyl (C=O) groups is 1. The number of hydrogen-bond donors (Lipinski definition) is 2. The maximum absolute atomic E-state index is 13.5. The van der Waals surface area contributed by atoms with Crippen LogP contribution in [0.5, 0.6) is 5.75 Å². The second-order valence-electron chi connectivity index (χ2n) is 8.41. The zero-order valence-electron chi connectivity index (χ0n) is 18.8. The van der Waals surface area contributed by atoms with Crippen molar-refractivity contribution in [3.8, 4) is 5.75 Å². The molecule has 8 nitrogen and oxygen atoms in total. The van der Waals surface area contributed by atoms with E-state index in [4.69, 9.17) is 25.5 Å². The second kappa shape index (κ2) is 12.0. The largest absolute Gasteiger partial charge is 0.493 e. The van der Waals surface area contributed by atoms with E-state index in [1.165, 1.54) is 32.1 Å². The second-order valence-corrected chi connectivity index (χ2v) is 8.41. The Morgan fingerprint density at radius 3 is 2.72 bits per heavy atom. The first kappa shape index (κ1) is 23.5. The van der Waals surface area contributed by atoms with Gasteiger partial charge in [0.25, 0.3) is 5.91 Å². The zero-order chi connectivity index (χ0) is 22.8. The van der Waals surface area contributed by atoms with Gasteiger partial charge in [0, 0.05) is 30.6 Å². The minimum Gasteiger partial charge on any atom is -0.493 e. The van der Waals surface area contributed by atoms with E-state index in [0.29, 0.717) is 43.4 Å². The molecule has 2 aromatic rings. The third-order valence-electron chi connectivity index (χ3n) is 5.56. The molecule has 1 aliphatic rings. The number of rotatable bonds is 11. The molecule has 1 aliphatic carbocycles. The Hall–Kier alpha value is -3.16. The molecule has 1 aromatic carbocycles. The van der Waals surface area contributed by atoms with Gasteiger partial charge in [0.2, 0.25) is 5.96 Å². The molecule has 0 bridgehead atoms. The van der Waals surface area contributed by atoms with Crippen LogP contribution in [0.3, 0.4) is 0 Å². The summed E-state index contributed by atoms with van der Waals surface area (Å²) in [5, 5.41) is 3.48. The molecule has 8 heteroatoms. The number of oxime groups is 1. The summed E-state index contributed by atoms with van der Waals surface area (Å²) in [4.78, 5) is 20.4. The van der Waals surface area contributed by atoms with E-state index in [-0.39, 0.29) is 11.9 Å². The van der Waals surface area contributed by atoms with Crippen LogP contribution in [0.25, 0.3) is 0 Å². The highest BCUT2D eigenvalue weighted by Gasteiger charge is 2.23. The summed E-state index contributed by atoms with van der Waals surface area (Å²) < 4.78 is 11.1. The van der Waals surface area contributed by atoms with Crippen LogP contribution in [0.4, 0.5) is 0 Å². The highest BCUT2D eigenvalue weighted by molar-refractivity contribution is 5.94. The summed E-state index contributed by atoms with van der Waals surface area (Å²) in [5.41, 5.74) is 13.0. The van der Waals surface area contributed by atoms with Gasteiger partial charge in [-0.05, 0) is 60.7 Å². The first-order valence-electron chi connectivity index (χ1n) is 11.3. The molecule has 0 unspecified atom stereocenters. The SMILES string of the molecule is Cc1cc(OCCCON=C(N)N)cc(C(=O)N(Cc2ccoc2)CC2CCCCC2)c1. The predicted molar refractivity (Wildman–Crippen MR) is 123 cm³/mol. The van der Waals surface area contributed by atoms with Crippen molar-refractivity contribution in [2.24, 2.45) is 22.5 Å². The fourth-order valence-electron chi connectivity index (χ4n) is 4.07. The van der Waals surface area contributed by atoms with Crippen molar-refractivity contribution in [2.45, 2.75) is 52.0 Å². The molecule has 0 atom stereocenters. The minimum absolute atomic E-state index is 0.0152. The van der Waals surface area contributed by atoms with Gasteiger partial charge in [-0.2, -0.15) is 0 Å². The minimum atomic E-state index is -0.110. The lowest BCUT2D eigenvalue weighted by Crippen LogP contribution is -2.35. The van der Waals surface area contributed by atoms with Gasteiger partial charge in [-0.25, -0.2) is 0 Å². The number of ether oxygens (including phenoxy) is 1. The Morgan fingerprint density at radius 1 is 1.19 bits per heavy atom. The number of aryl methyl sites for hydroxylation is 1. The molecule has 1 heterocycles. The smallest absolute Gasteiger partial charge is 0.254 e. The van der Waals surface area contributed by atoms with Crippen molar-refractivity contribution in [1.82, 2.24) is 4.90 Å². The van der Waals surface area contributed by atoms with Crippen LogP contribution < -0.4 is 16.2 Å². The van der Waals surface area contributed by atoms with Gasteiger partial charge in [-0.3, -0.25) is 4.79 Å². The van der Waals surface area contributed by atoms with E-state index in [2.05, 4.69) is 5.16 Å². The Balaban J connectivity index is 1.65. The number of carbonyl (C=O) groups excluding carboxylic acids is 1. The Kier molecular flexibility index (Phi) is 8.83. The van der Waals surface area contributed by atoms with E-state index >= 15 is 0 Å². The zero-order valence-corrected chi connectivity index (χ0v) is 18.8. The maximum Gasteiger partial charge on any atom is 0.254 e. The van der Waals surface area contributed by atoms with Gasteiger partial charge in [0.1, 0.15) is 12.4 Å². The molecular formula is C24H34N4O4. The number of amides is 1. The normalized spacial score (nSPS) is 14.0. The number of nitrogens with two attached hydrogens (primary N) is 2. The highest BCUT2D eigenvalue weighted by atomic mass is 16.6. The van der Waals surface area contributed by atoms with Gasteiger partial charge in [-0.1, -0.05) is 19.3 Å². The fourth-order valence-corrected chi connectivity index (χ4v) is 4.07. The standard InChI is InChI=1S/C24H34N4O4/c1-18-12-21(14-22(13-18)31-9-5-10-32-27-24(25)26)23(29)28(16-20-8-11-30-17-20)15-19-6-3-2-4-7-19/h8,11-14,17,19H,2-7,9-10,15-16H2,1H3,(H4,25,26,27). The number of guanidine groups is 1. The summed E-state index contributed by atoms with van der Waals surface area (Å²) in [6.45, 7) is 4.04. The van der Waals surface area contributed by atoms with Gasteiger partial charge >= 0.3 is 0 Å². The molecule has 1 saturated carbocycles. The third-order valence-corrected chi connectivity index (χ3v) is 5.56. The van der Waals surface area contributed by atoms with Gasteiger partial charge in [-0.15, -0.1) is 0 Å². The molecular weight excluding hydrogens is 408 g/mol. The molecule has 1 amide bonds. The van der Waals surface area contributed by atoms with Crippen LogP contribution in [0.1, 0.15) is 60.0 Å². The third kappa shape index (κ3) is 7.51. The monoisotopic (exact) mass is 442 g/mol. The van der Waals surface area contributed by atoms with Gasteiger partial charge in [0.05, 0.1) is 19.1 Å². The van der Waals surface area contributed by atoms with Crippen LogP contribution in [0, 0.1) is 12.8 Å². The average Bonchev–Trinajstić information content (AvgIpc) is 3.28. The summed E-state index contributed by atoms with van der Waals surface area (Å²) in [6.07, 6.45) is 10.1. The van der Waals surface area contributed by atoms with E-state index in [1.807, 2.05) is 36.1 Å².